The second-order valence-electron chi connectivity index (χ2n) is 8.14. The standard InChI is InChI=1S/C18H32N4O2/c1-14-9-15(2)11-22(10-14)18(24)13-21-7-5-20(6-8-21)12-17(23)19-16-3-4-16/h14-16H,3-13H2,1-2H3,(H,19,23). The van der Waals surface area contributed by atoms with E-state index in [4.69, 9.17) is 0 Å². The lowest BCUT2D eigenvalue weighted by molar-refractivity contribution is -0.135. The van der Waals surface area contributed by atoms with Gasteiger partial charge in [-0.25, -0.2) is 0 Å². The van der Waals surface area contributed by atoms with Gasteiger partial charge in [-0.15, -0.1) is 0 Å². The molecule has 6 nitrogen and oxygen atoms in total. The molecule has 1 N–H and O–H groups in total. The first kappa shape index (κ1) is 17.7. The van der Waals surface area contributed by atoms with Crippen molar-refractivity contribution < 1.29 is 9.59 Å². The van der Waals surface area contributed by atoms with Crippen LogP contribution in [0.4, 0.5) is 0 Å². The molecule has 0 aromatic carbocycles. The number of hydrogen-bond acceptors (Lipinski definition) is 4. The normalized spacial score (nSPS) is 29.5. The highest BCUT2D eigenvalue weighted by Crippen LogP contribution is 2.21. The molecule has 3 fully saturated rings. The van der Waals surface area contributed by atoms with Gasteiger partial charge in [0.2, 0.25) is 11.8 Å². The Morgan fingerprint density at radius 2 is 1.46 bits per heavy atom. The number of amides is 2. The number of piperazine rings is 1. The topological polar surface area (TPSA) is 55.9 Å². The molecular weight excluding hydrogens is 304 g/mol. The fourth-order valence-corrected chi connectivity index (χ4v) is 3.97. The van der Waals surface area contributed by atoms with E-state index in [0.29, 0.717) is 31.0 Å². The van der Waals surface area contributed by atoms with Gasteiger partial charge in [-0.05, 0) is 31.1 Å². The average molecular weight is 336 g/mol. The Kier molecular flexibility index (Phi) is 5.76. The lowest BCUT2D eigenvalue weighted by Crippen LogP contribution is -2.53. The summed E-state index contributed by atoms with van der Waals surface area (Å²) >= 11 is 0. The highest BCUT2D eigenvalue weighted by atomic mass is 16.2. The van der Waals surface area contributed by atoms with Crippen LogP contribution in [0.1, 0.15) is 33.1 Å². The van der Waals surface area contributed by atoms with Crippen LogP contribution in [0, 0.1) is 11.8 Å². The number of likely N-dealkylation sites (tertiary alicyclic amines) is 1. The summed E-state index contributed by atoms with van der Waals surface area (Å²) in [5, 5.41) is 3.04. The van der Waals surface area contributed by atoms with Gasteiger partial charge in [-0.1, -0.05) is 13.8 Å². The van der Waals surface area contributed by atoms with Crippen LogP contribution >= 0.6 is 0 Å². The predicted octanol–water partition coefficient (Wildman–Crippen LogP) is 0.387. The van der Waals surface area contributed by atoms with E-state index in [2.05, 4.69) is 29.0 Å². The first-order valence-electron chi connectivity index (χ1n) is 9.51. The summed E-state index contributed by atoms with van der Waals surface area (Å²) in [6, 6.07) is 0.436. The Bertz CT molecular complexity index is 448. The summed E-state index contributed by atoms with van der Waals surface area (Å²) < 4.78 is 0. The van der Waals surface area contributed by atoms with Gasteiger partial charge in [0, 0.05) is 45.3 Å². The zero-order valence-electron chi connectivity index (χ0n) is 15.2. The van der Waals surface area contributed by atoms with Crippen LogP contribution in [-0.4, -0.2) is 84.9 Å². The highest BCUT2D eigenvalue weighted by Gasteiger charge is 2.28. The predicted molar refractivity (Wildman–Crippen MR) is 93.6 cm³/mol. The van der Waals surface area contributed by atoms with Crippen LogP contribution in [-0.2, 0) is 9.59 Å². The van der Waals surface area contributed by atoms with Crippen molar-refractivity contribution in [1.82, 2.24) is 20.0 Å². The molecule has 0 bridgehead atoms. The minimum absolute atomic E-state index is 0.151. The number of nitrogens with one attached hydrogen (secondary N) is 1. The SMILES string of the molecule is CC1CC(C)CN(C(=O)CN2CCN(CC(=O)NC3CC3)CC2)C1. The summed E-state index contributed by atoms with van der Waals surface area (Å²) in [4.78, 5) is 30.9. The average Bonchev–Trinajstić information content (AvgIpc) is 3.32. The molecule has 2 amide bonds. The van der Waals surface area contributed by atoms with Gasteiger partial charge in [0.15, 0.2) is 0 Å². The van der Waals surface area contributed by atoms with Crippen molar-refractivity contribution in [1.29, 1.82) is 0 Å². The molecule has 2 saturated heterocycles. The van der Waals surface area contributed by atoms with Gasteiger partial charge >= 0.3 is 0 Å². The molecule has 136 valence electrons. The van der Waals surface area contributed by atoms with Crippen molar-refractivity contribution in [2.75, 3.05) is 52.4 Å². The van der Waals surface area contributed by atoms with Gasteiger partial charge < -0.3 is 10.2 Å². The number of nitrogens with zero attached hydrogens (tertiary/aromatic N) is 3. The van der Waals surface area contributed by atoms with Crippen LogP contribution in [0.2, 0.25) is 0 Å². The van der Waals surface area contributed by atoms with E-state index < -0.39 is 0 Å². The molecule has 0 aromatic heterocycles. The molecule has 2 aliphatic heterocycles. The van der Waals surface area contributed by atoms with E-state index in [9.17, 15) is 9.59 Å². The van der Waals surface area contributed by atoms with Crippen LogP contribution in [0.3, 0.4) is 0 Å². The molecule has 6 heteroatoms. The third kappa shape index (κ3) is 5.18. The Labute approximate surface area is 145 Å². The minimum atomic E-state index is 0.151. The third-order valence-electron chi connectivity index (χ3n) is 5.36. The van der Waals surface area contributed by atoms with E-state index >= 15 is 0 Å². The van der Waals surface area contributed by atoms with Crippen molar-refractivity contribution in [2.24, 2.45) is 11.8 Å². The molecule has 3 aliphatic rings. The summed E-state index contributed by atoms with van der Waals surface area (Å²) in [6.07, 6.45) is 3.50. The molecular formula is C18H32N4O2. The largest absolute Gasteiger partial charge is 0.352 e. The van der Waals surface area contributed by atoms with Crippen molar-refractivity contribution >= 4 is 11.8 Å². The number of carbonyl (C=O) groups excluding carboxylic acids is 2. The Morgan fingerprint density at radius 1 is 0.917 bits per heavy atom. The van der Waals surface area contributed by atoms with Crippen molar-refractivity contribution in [3.63, 3.8) is 0 Å². The molecule has 0 radical (unpaired) electrons. The summed E-state index contributed by atoms with van der Waals surface area (Å²) in [5.41, 5.74) is 0. The highest BCUT2D eigenvalue weighted by molar-refractivity contribution is 5.79. The molecule has 2 heterocycles. The lowest BCUT2D eigenvalue weighted by atomic mass is 9.92. The molecule has 2 atom stereocenters. The van der Waals surface area contributed by atoms with E-state index in [0.717, 1.165) is 52.1 Å². The van der Waals surface area contributed by atoms with E-state index in [1.54, 1.807) is 0 Å². The number of carbonyl (C=O) groups is 2. The fraction of sp³-hybridized carbons (Fsp3) is 0.889. The molecule has 24 heavy (non-hydrogen) atoms. The van der Waals surface area contributed by atoms with Gasteiger partial charge in [0.25, 0.3) is 0 Å². The zero-order chi connectivity index (χ0) is 17.1. The van der Waals surface area contributed by atoms with E-state index in [1.165, 1.54) is 6.42 Å². The second-order valence-corrected chi connectivity index (χ2v) is 8.14. The van der Waals surface area contributed by atoms with Crippen LogP contribution in [0.15, 0.2) is 0 Å². The number of hydrogen-bond donors (Lipinski definition) is 1. The monoisotopic (exact) mass is 336 g/mol. The van der Waals surface area contributed by atoms with Crippen LogP contribution in [0.5, 0.6) is 0 Å². The summed E-state index contributed by atoms with van der Waals surface area (Å²) in [7, 11) is 0. The maximum atomic E-state index is 12.6. The quantitative estimate of drug-likeness (QED) is 0.789. The molecule has 0 spiro atoms. The van der Waals surface area contributed by atoms with Gasteiger partial charge in [0.1, 0.15) is 0 Å². The first-order valence-corrected chi connectivity index (χ1v) is 9.51. The molecule has 3 rings (SSSR count). The fourth-order valence-electron chi connectivity index (χ4n) is 3.97. The molecule has 1 saturated carbocycles. The first-order chi connectivity index (χ1) is 11.5. The lowest BCUT2D eigenvalue weighted by Gasteiger charge is -2.38. The van der Waals surface area contributed by atoms with E-state index in [-0.39, 0.29) is 11.8 Å². The van der Waals surface area contributed by atoms with Crippen molar-refractivity contribution in [2.45, 2.75) is 39.2 Å². The summed E-state index contributed by atoms with van der Waals surface area (Å²) in [6.45, 7) is 10.8. The van der Waals surface area contributed by atoms with E-state index in [1.807, 2.05) is 4.90 Å². The Hall–Kier alpha value is -1.14. The molecule has 2 unspecified atom stereocenters. The maximum Gasteiger partial charge on any atom is 0.236 e. The second kappa shape index (κ2) is 7.83. The van der Waals surface area contributed by atoms with Crippen molar-refractivity contribution in [3.8, 4) is 0 Å². The van der Waals surface area contributed by atoms with Gasteiger partial charge in [-0.2, -0.15) is 0 Å². The number of piperidine rings is 1. The van der Waals surface area contributed by atoms with Gasteiger partial charge in [-0.3, -0.25) is 19.4 Å². The number of rotatable bonds is 5. The summed E-state index contributed by atoms with van der Waals surface area (Å²) in [5.74, 6) is 1.64. The Balaban J connectivity index is 1.36. The Morgan fingerprint density at radius 3 is 2.00 bits per heavy atom. The smallest absolute Gasteiger partial charge is 0.236 e. The van der Waals surface area contributed by atoms with Crippen LogP contribution < -0.4 is 5.32 Å². The third-order valence-corrected chi connectivity index (χ3v) is 5.36. The maximum absolute atomic E-state index is 12.6. The minimum Gasteiger partial charge on any atom is -0.352 e. The zero-order valence-corrected chi connectivity index (χ0v) is 15.2. The molecule has 0 aromatic rings. The van der Waals surface area contributed by atoms with Crippen LogP contribution in [0.25, 0.3) is 0 Å². The van der Waals surface area contributed by atoms with Crippen molar-refractivity contribution in [3.05, 3.63) is 0 Å². The molecule has 1 aliphatic carbocycles. The van der Waals surface area contributed by atoms with Gasteiger partial charge in [0.05, 0.1) is 13.1 Å².